The summed E-state index contributed by atoms with van der Waals surface area (Å²) in [5.41, 5.74) is 1.84. The van der Waals surface area contributed by atoms with Gasteiger partial charge in [-0.25, -0.2) is 0 Å². The van der Waals surface area contributed by atoms with Crippen LogP contribution >= 0.6 is 0 Å². The third kappa shape index (κ3) is 2.67. The molecule has 21 heavy (non-hydrogen) atoms. The van der Waals surface area contributed by atoms with Gasteiger partial charge in [-0.3, -0.25) is 4.79 Å². The standard InChI is InChI=1S/C16H14N2O3/c1-21-13-5-6-14-10(7-13)8-15(18-14)16(20)17-11-3-2-4-12(19)9-11/h2-9,18-19H,1H3,(H,17,20). The highest BCUT2D eigenvalue weighted by Gasteiger charge is 2.10. The number of aromatic hydroxyl groups is 1. The van der Waals surface area contributed by atoms with Crippen LogP contribution in [0.15, 0.2) is 48.5 Å². The maximum atomic E-state index is 12.2. The van der Waals surface area contributed by atoms with Crippen molar-refractivity contribution in [2.75, 3.05) is 12.4 Å². The van der Waals surface area contributed by atoms with Crippen LogP contribution in [0.25, 0.3) is 10.9 Å². The first kappa shape index (κ1) is 13.1. The molecule has 0 aliphatic heterocycles. The number of carbonyl (C=O) groups is 1. The van der Waals surface area contributed by atoms with Gasteiger partial charge < -0.3 is 20.1 Å². The molecule has 3 rings (SSSR count). The number of ether oxygens (including phenoxy) is 1. The van der Waals surface area contributed by atoms with Gasteiger partial charge in [-0.2, -0.15) is 0 Å². The van der Waals surface area contributed by atoms with E-state index in [1.165, 1.54) is 6.07 Å². The number of benzene rings is 2. The molecule has 5 heteroatoms. The Morgan fingerprint density at radius 2 is 2.05 bits per heavy atom. The van der Waals surface area contributed by atoms with E-state index in [1.54, 1.807) is 31.4 Å². The molecule has 0 fully saturated rings. The Bertz CT molecular complexity index is 808. The van der Waals surface area contributed by atoms with E-state index in [1.807, 2.05) is 18.2 Å². The highest BCUT2D eigenvalue weighted by atomic mass is 16.5. The molecule has 3 aromatic rings. The molecule has 0 bridgehead atoms. The summed E-state index contributed by atoms with van der Waals surface area (Å²) in [6, 6.07) is 13.7. The van der Waals surface area contributed by atoms with Crippen LogP contribution in [0.5, 0.6) is 11.5 Å². The minimum absolute atomic E-state index is 0.106. The molecule has 0 aliphatic carbocycles. The molecule has 106 valence electrons. The van der Waals surface area contributed by atoms with E-state index in [9.17, 15) is 9.90 Å². The second-order valence-corrected chi connectivity index (χ2v) is 4.64. The number of nitrogens with one attached hydrogen (secondary N) is 2. The van der Waals surface area contributed by atoms with E-state index < -0.39 is 0 Å². The minimum atomic E-state index is -0.268. The van der Waals surface area contributed by atoms with Crippen molar-refractivity contribution in [3.63, 3.8) is 0 Å². The normalized spacial score (nSPS) is 10.5. The van der Waals surface area contributed by atoms with Crippen LogP contribution < -0.4 is 10.1 Å². The van der Waals surface area contributed by atoms with Gasteiger partial charge in [0.1, 0.15) is 17.2 Å². The second-order valence-electron chi connectivity index (χ2n) is 4.64. The molecular weight excluding hydrogens is 268 g/mol. The molecule has 3 N–H and O–H groups in total. The average molecular weight is 282 g/mol. The highest BCUT2D eigenvalue weighted by molar-refractivity contribution is 6.06. The molecular formula is C16H14N2O3. The number of anilines is 1. The van der Waals surface area contributed by atoms with Crippen molar-refractivity contribution in [2.45, 2.75) is 0 Å². The lowest BCUT2D eigenvalue weighted by Crippen LogP contribution is -2.11. The van der Waals surface area contributed by atoms with E-state index in [0.717, 1.165) is 16.7 Å². The molecule has 0 saturated carbocycles. The Kier molecular flexibility index (Phi) is 3.23. The van der Waals surface area contributed by atoms with E-state index >= 15 is 0 Å². The number of hydrogen-bond acceptors (Lipinski definition) is 3. The number of carbonyl (C=O) groups excluding carboxylic acids is 1. The van der Waals surface area contributed by atoms with E-state index in [-0.39, 0.29) is 11.7 Å². The lowest BCUT2D eigenvalue weighted by Gasteiger charge is -2.03. The summed E-state index contributed by atoms with van der Waals surface area (Å²) in [6.45, 7) is 0. The van der Waals surface area contributed by atoms with E-state index in [0.29, 0.717) is 11.4 Å². The smallest absolute Gasteiger partial charge is 0.272 e. The quantitative estimate of drug-likeness (QED) is 0.691. The van der Waals surface area contributed by atoms with Gasteiger partial charge >= 0.3 is 0 Å². The van der Waals surface area contributed by atoms with Crippen LogP contribution in [0.3, 0.4) is 0 Å². The zero-order chi connectivity index (χ0) is 14.8. The summed E-state index contributed by atoms with van der Waals surface area (Å²) in [7, 11) is 1.60. The molecule has 0 unspecified atom stereocenters. The van der Waals surface area contributed by atoms with E-state index in [2.05, 4.69) is 10.3 Å². The van der Waals surface area contributed by atoms with Gasteiger partial charge in [-0.1, -0.05) is 6.07 Å². The molecule has 1 heterocycles. The zero-order valence-electron chi connectivity index (χ0n) is 11.4. The van der Waals surface area contributed by atoms with Crippen LogP contribution in [0.4, 0.5) is 5.69 Å². The van der Waals surface area contributed by atoms with Crippen LogP contribution in [-0.4, -0.2) is 23.1 Å². The molecule has 5 nitrogen and oxygen atoms in total. The highest BCUT2D eigenvalue weighted by Crippen LogP contribution is 2.22. The van der Waals surface area contributed by atoms with Crippen LogP contribution in [0.2, 0.25) is 0 Å². The molecule has 2 aromatic carbocycles. The second kappa shape index (κ2) is 5.20. The molecule has 1 amide bonds. The van der Waals surface area contributed by atoms with Gasteiger partial charge in [-0.15, -0.1) is 0 Å². The first-order valence-corrected chi connectivity index (χ1v) is 6.43. The minimum Gasteiger partial charge on any atom is -0.508 e. The molecule has 1 aromatic heterocycles. The SMILES string of the molecule is COc1ccc2[nH]c(C(=O)Nc3cccc(O)c3)cc2c1. The fourth-order valence-electron chi connectivity index (χ4n) is 2.14. The van der Waals surface area contributed by atoms with Gasteiger partial charge in [-0.05, 0) is 36.4 Å². The Morgan fingerprint density at radius 1 is 1.19 bits per heavy atom. The Morgan fingerprint density at radius 3 is 2.81 bits per heavy atom. The van der Waals surface area contributed by atoms with Gasteiger partial charge in [0.25, 0.3) is 5.91 Å². The summed E-state index contributed by atoms with van der Waals surface area (Å²) in [5.74, 6) is 0.575. The molecule has 0 aliphatic rings. The van der Waals surface area contributed by atoms with Gasteiger partial charge in [0.15, 0.2) is 0 Å². The molecule has 0 spiro atoms. The number of rotatable bonds is 3. The summed E-state index contributed by atoms with van der Waals surface area (Å²) >= 11 is 0. The topological polar surface area (TPSA) is 74.4 Å². The number of hydrogen-bond donors (Lipinski definition) is 3. The number of phenols is 1. The Balaban J connectivity index is 1.87. The molecule has 0 radical (unpaired) electrons. The number of methoxy groups -OCH3 is 1. The monoisotopic (exact) mass is 282 g/mol. The fourth-order valence-corrected chi connectivity index (χ4v) is 2.14. The third-order valence-corrected chi connectivity index (χ3v) is 3.18. The van der Waals surface area contributed by atoms with Crippen molar-refractivity contribution < 1.29 is 14.6 Å². The van der Waals surface area contributed by atoms with Crippen molar-refractivity contribution in [3.05, 3.63) is 54.2 Å². The predicted molar refractivity (Wildman–Crippen MR) is 80.9 cm³/mol. The lowest BCUT2D eigenvalue weighted by atomic mass is 10.2. The maximum absolute atomic E-state index is 12.2. The summed E-state index contributed by atoms with van der Waals surface area (Å²) < 4.78 is 5.16. The largest absolute Gasteiger partial charge is 0.508 e. The summed E-state index contributed by atoms with van der Waals surface area (Å²) in [6.07, 6.45) is 0. The van der Waals surface area contributed by atoms with Crippen molar-refractivity contribution in [2.24, 2.45) is 0 Å². The maximum Gasteiger partial charge on any atom is 0.272 e. The van der Waals surface area contributed by atoms with Gasteiger partial charge in [0, 0.05) is 22.7 Å². The van der Waals surface area contributed by atoms with Gasteiger partial charge in [0.2, 0.25) is 0 Å². The number of aromatic nitrogens is 1. The zero-order valence-corrected chi connectivity index (χ0v) is 11.4. The first-order valence-electron chi connectivity index (χ1n) is 6.43. The van der Waals surface area contributed by atoms with Crippen LogP contribution in [0, 0.1) is 0 Å². The summed E-state index contributed by atoms with van der Waals surface area (Å²) in [4.78, 5) is 15.2. The molecule has 0 atom stereocenters. The van der Waals surface area contributed by atoms with Crippen LogP contribution in [-0.2, 0) is 0 Å². The number of fused-ring (bicyclic) bond motifs is 1. The Labute approximate surface area is 121 Å². The number of aromatic amines is 1. The Hall–Kier alpha value is -2.95. The van der Waals surface area contributed by atoms with Gasteiger partial charge in [0.05, 0.1) is 7.11 Å². The molecule has 0 saturated heterocycles. The number of amides is 1. The van der Waals surface area contributed by atoms with Crippen molar-refractivity contribution in [1.29, 1.82) is 0 Å². The third-order valence-electron chi connectivity index (χ3n) is 3.18. The van der Waals surface area contributed by atoms with Crippen LogP contribution in [0.1, 0.15) is 10.5 Å². The summed E-state index contributed by atoms with van der Waals surface area (Å²) in [5, 5.41) is 13.0. The number of H-pyrrole nitrogens is 1. The average Bonchev–Trinajstić information content (AvgIpc) is 2.90. The lowest BCUT2D eigenvalue weighted by molar-refractivity contribution is 0.102. The van der Waals surface area contributed by atoms with E-state index in [4.69, 9.17) is 4.74 Å². The van der Waals surface area contributed by atoms with Crippen molar-refractivity contribution in [1.82, 2.24) is 4.98 Å². The predicted octanol–water partition coefficient (Wildman–Crippen LogP) is 3.13. The first-order chi connectivity index (χ1) is 10.2. The number of phenolic OH excluding ortho intramolecular Hbond substituents is 1. The van der Waals surface area contributed by atoms with Crippen molar-refractivity contribution in [3.8, 4) is 11.5 Å². The van der Waals surface area contributed by atoms with Crippen molar-refractivity contribution >= 4 is 22.5 Å². The fraction of sp³-hybridized carbons (Fsp3) is 0.0625.